The fraction of sp³-hybridized carbons (Fsp3) is 0.111. The Morgan fingerprint density at radius 3 is 2.82 bits per heavy atom. The van der Waals surface area contributed by atoms with Gasteiger partial charge in [0.25, 0.3) is 0 Å². The number of fused-ring (bicyclic) bond motifs is 1. The van der Waals surface area contributed by atoms with Gasteiger partial charge in [-0.05, 0) is 12.1 Å². The molecule has 0 fully saturated rings. The lowest BCUT2D eigenvalue weighted by Gasteiger charge is -1.98. The maximum atomic E-state index is 4.37. The van der Waals surface area contributed by atoms with E-state index in [9.17, 15) is 0 Å². The van der Waals surface area contributed by atoms with Crippen molar-refractivity contribution >= 4 is 23.5 Å². The van der Waals surface area contributed by atoms with Gasteiger partial charge in [0.05, 0.1) is 5.52 Å². The van der Waals surface area contributed by atoms with E-state index in [1.54, 1.807) is 0 Å². The molecule has 56 valence electrons. The Balaban J connectivity index is 2.96. The van der Waals surface area contributed by atoms with Crippen LogP contribution in [0.2, 0.25) is 0 Å². The second-order valence-electron chi connectivity index (χ2n) is 2.64. The minimum Gasteiger partial charge on any atom is -0.350 e. The molecule has 1 heterocycles. The molecule has 0 saturated carbocycles. The van der Waals surface area contributed by atoms with E-state index in [-0.39, 0.29) is 0 Å². The summed E-state index contributed by atoms with van der Waals surface area (Å²) in [5.41, 5.74) is 1.20. The van der Waals surface area contributed by atoms with Gasteiger partial charge in [-0.1, -0.05) is 12.1 Å². The molecular weight excluding hydrogens is 154 g/mol. The molecule has 0 aliphatic carbocycles. The van der Waals surface area contributed by atoms with Crippen LogP contribution in [-0.2, 0) is 7.05 Å². The summed E-state index contributed by atoms with van der Waals surface area (Å²) >= 11 is 4.37. The van der Waals surface area contributed by atoms with Crippen molar-refractivity contribution in [1.29, 1.82) is 0 Å². The number of nitrogens with zero attached hydrogens (tertiary/aromatic N) is 1. The first-order valence-corrected chi connectivity index (χ1v) is 3.97. The van der Waals surface area contributed by atoms with Gasteiger partial charge in [0.15, 0.2) is 0 Å². The highest BCUT2D eigenvalue weighted by Gasteiger charge is 1.98. The molecule has 0 N–H and O–H groups in total. The molecule has 0 bridgehead atoms. The molecule has 2 aromatic rings. The molecule has 1 aromatic carbocycles. The van der Waals surface area contributed by atoms with Gasteiger partial charge in [-0.15, -0.1) is 12.6 Å². The summed E-state index contributed by atoms with van der Waals surface area (Å²) in [5.74, 6) is 0. The van der Waals surface area contributed by atoms with Crippen LogP contribution in [0.4, 0.5) is 0 Å². The summed E-state index contributed by atoms with van der Waals surface area (Å²) < 4.78 is 2.08. The number of para-hydroxylation sites is 1. The lowest BCUT2D eigenvalue weighted by Crippen LogP contribution is -1.84. The van der Waals surface area contributed by atoms with Gasteiger partial charge < -0.3 is 4.57 Å². The van der Waals surface area contributed by atoms with Crippen LogP contribution in [0.5, 0.6) is 0 Å². The van der Waals surface area contributed by atoms with Crippen molar-refractivity contribution in [2.75, 3.05) is 0 Å². The normalized spacial score (nSPS) is 10.7. The summed E-state index contributed by atoms with van der Waals surface area (Å²) in [7, 11) is 2.03. The Labute approximate surface area is 71.1 Å². The van der Waals surface area contributed by atoms with Gasteiger partial charge in [-0.25, -0.2) is 0 Å². The fourth-order valence-corrected chi connectivity index (χ4v) is 1.71. The molecule has 0 unspecified atom stereocenters. The van der Waals surface area contributed by atoms with Gasteiger partial charge >= 0.3 is 0 Å². The average Bonchev–Trinajstić information content (AvgIpc) is 2.34. The number of hydrogen-bond donors (Lipinski definition) is 1. The van der Waals surface area contributed by atoms with Gasteiger partial charge in [0, 0.05) is 23.5 Å². The Morgan fingerprint density at radius 1 is 1.27 bits per heavy atom. The van der Waals surface area contributed by atoms with Crippen LogP contribution in [0.1, 0.15) is 0 Å². The number of hydrogen-bond acceptors (Lipinski definition) is 1. The highest BCUT2D eigenvalue weighted by Crippen LogP contribution is 2.21. The smallest absolute Gasteiger partial charge is 0.0613 e. The third kappa shape index (κ3) is 0.942. The molecule has 0 aliphatic heterocycles. The Bertz CT molecular complexity index is 389. The summed E-state index contributed by atoms with van der Waals surface area (Å²) in [4.78, 5) is 1.04. The van der Waals surface area contributed by atoms with Crippen molar-refractivity contribution < 1.29 is 0 Å². The molecule has 11 heavy (non-hydrogen) atoms. The lowest BCUT2D eigenvalue weighted by atomic mass is 10.2. The van der Waals surface area contributed by atoms with Crippen molar-refractivity contribution in [3.8, 4) is 0 Å². The maximum Gasteiger partial charge on any atom is 0.0613 e. The van der Waals surface area contributed by atoms with Crippen LogP contribution in [0.15, 0.2) is 35.4 Å². The first-order chi connectivity index (χ1) is 5.29. The molecule has 2 heteroatoms. The number of thiol groups is 1. The van der Waals surface area contributed by atoms with Crippen molar-refractivity contribution in [1.82, 2.24) is 4.57 Å². The number of rotatable bonds is 0. The topological polar surface area (TPSA) is 4.93 Å². The molecule has 1 aromatic heterocycles. The van der Waals surface area contributed by atoms with E-state index in [0.717, 1.165) is 4.90 Å². The van der Waals surface area contributed by atoms with Gasteiger partial charge in [-0.2, -0.15) is 0 Å². The monoisotopic (exact) mass is 163 g/mol. The minimum atomic E-state index is 1.04. The van der Waals surface area contributed by atoms with E-state index < -0.39 is 0 Å². The zero-order chi connectivity index (χ0) is 7.84. The van der Waals surface area contributed by atoms with E-state index in [1.807, 2.05) is 25.4 Å². The van der Waals surface area contributed by atoms with Crippen molar-refractivity contribution in [3.05, 3.63) is 30.5 Å². The SMILES string of the molecule is Cn1ccc2cccc(S)c21. The number of aryl methyl sites for hydroxylation is 1. The highest BCUT2D eigenvalue weighted by atomic mass is 32.1. The van der Waals surface area contributed by atoms with Crippen molar-refractivity contribution in [2.24, 2.45) is 7.05 Å². The summed E-state index contributed by atoms with van der Waals surface area (Å²) in [6.45, 7) is 0. The molecular formula is C9H9NS. The zero-order valence-corrected chi connectivity index (χ0v) is 7.18. The standard InChI is InChI=1S/C9H9NS/c1-10-6-5-7-3-2-4-8(11)9(7)10/h2-6,11H,1H3. The number of benzene rings is 1. The van der Waals surface area contributed by atoms with Crippen LogP contribution < -0.4 is 0 Å². The van der Waals surface area contributed by atoms with Crippen molar-refractivity contribution in [3.63, 3.8) is 0 Å². The third-order valence-electron chi connectivity index (χ3n) is 1.88. The van der Waals surface area contributed by atoms with Crippen LogP contribution in [-0.4, -0.2) is 4.57 Å². The summed E-state index contributed by atoms with van der Waals surface area (Å²) in [6.07, 6.45) is 2.05. The largest absolute Gasteiger partial charge is 0.350 e. The summed E-state index contributed by atoms with van der Waals surface area (Å²) in [5, 5.41) is 1.25. The molecule has 0 atom stereocenters. The molecule has 0 spiro atoms. The van der Waals surface area contributed by atoms with Crippen molar-refractivity contribution in [2.45, 2.75) is 4.90 Å². The lowest BCUT2D eigenvalue weighted by molar-refractivity contribution is 0.959. The molecule has 1 nitrogen and oxygen atoms in total. The first kappa shape index (κ1) is 6.80. The quantitative estimate of drug-likeness (QED) is 0.569. The van der Waals surface area contributed by atoms with Gasteiger partial charge in [0.2, 0.25) is 0 Å². The molecule has 0 saturated heterocycles. The van der Waals surface area contributed by atoms with Gasteiger partial charge in [0.1, 0.15) is 0 Å². The average molecular weight is 163 g/mol. The van der Waals surface area contributed by atoms with E-state index in [4.69, 9.17) is 0 Å². The first-order valence-electron chi connectivity index (χ1n) is 3.52. The number of aromatic nitrogens is 1. The molecule has 2 rings (SSSR count). The summed E-state index contributed by atoms with van der Waals surface area (Å²) in [6, 6.07) is 8.21. The minimum absolute atomic E-state index is 1.04. The fourth-order valence-electron chi connectivity index (χ4n) is 1.33. The van der Waals surface area contributed by atoms with Crippen LogP contribution in [0, 0.1) is 0 Å². The van der Waals surface area contributed by atoms with E-state index in [0.29, 0.717) is 0 Å². The Kier molecular flexibility index (Phi) is 1.43. The molecule has 0 amide bonds. The zero-order valence-electron chi connectivity index (χ0n) is 6.28. The predicted molar refractivity (Wildman–Crippen MR) is 50.2 cm³/mol. The second-order valence-corrected chi connectivity index (χ2v) is 3.12. The molecule has 0 radical (unpaired) electrons. The Hall–Kier alpha value is -0.890. The maximum absolute atomic E-state index is 4.37. The van der Waals surface area contributed by atoms with Crippen LogP contribution in [0.3, 0.4) is 0 Å². The highest BCUT2D eigenvalue weighted by molar-refractivity contribution is 7.80. The third-order valence-corrected chi connectivity index (χ3v) is 2.24. The predicted octanol–water partition coefficient (Wildman–Crippen LogP) is 2.47. The van der Waals surface area contributed by atoms with Crippen LogP contribution >= 0.6 is 12.6 Å². The molecule has 0 aliphatic rings. The van der Waals surface area contributed by atoms with Gasteiger partial charge in [-0.3, -0.25) is 0 Å². The van der Waals surface area contributed by atoms with E-state index in [2.05, 4.69) is 29.3 Å². The van der Waals surface area contributed by atoms with E-state index in [1.165, 1.54) is 10.9 Å². The van der Waals surface area contributed by atoms with E-state index >= 15 is 0 Å². The second kappa shape index (κ2) is 2.31. The van der Waals surface area contributed by atoms with Crippen LogP contribution in [0.25, 0.3) is 10.9 Å². The Morgan fingerprint density at radius 2 is 2.09 bits per heavy atom.